The van der Waals surface area contributed by atoms with Gasteiger partial charge in [-0.2, -0.15) is 0 Å². The van der Waals surface area contributed by atoms with Gasteiger partial charge in [-0.3, -0.25) is 14.4 Å². The summed E-state index contributed by atoms with van der Waals surface area (Å²) in [5.41, 5.74) is 1.82. The minimum atomic E-state index is -0.931. The van der Waals surface area contributed by atoms with E-state index in [-0.39, 0.29) is 18.3 Å². The van der Waals surface area contributed by atoms with Gasteiger partial charge in [-0.15, -0.1) is 0 Å². The lowest BCUT2D eigenvalue weighted by atomic mass is 9.97. The number of rotatable bonds is 5. The second kappa shape index (κ2) is 8.44. The standard InChI is InChI=1S/C21H20ClNO5/c1-12(20(25)14-3-6-18(7-4-14)23-13(2)24)28-21(26)16-9-15-10-17(22)5-8-19(15)27-11-16/h3-8,10,12,16H,9,11H2,1-2H3,(H,23,24)/t12-,16-/m0/s1. The summed E-state index contributed by atoms with van der Waals surface area (Å²) in [6.07, 6.45) is -0.485. The van der Waals surface area contributed by atoms with E-state index in [0.717, 1.165) is 5.56 Å². The van der Waals surface area contributed by atoms with Gasteiger partial charge in [-0.1, -0.05) is 11.6 Å². The van der Waals surface area contributed by atoms with Gasteiger partial charge >= 0.3 is 5.97 Å². The number of Topliss-reactive ketones (excluding diaryl/α,β-unsaturated/α-hetero) is 1. The number of nitrogens with one attached hydrogen (secondary N) is 1. The third-order valence-electron chi connectivity index (χ3n) is 4.41. The van der Waals surface area contributed by atoms with E-state index in [1.807, 2.05) is 0 Å². The first-order valence-electron chi connectivity index (χ1n) is 8.87. The molecule has 2 atom stereocenters. The average Bonchev–Trinajstić information content (AvgIpc) is 2.66. The lowest BCUT2D eigenvalue weighted by molar-refractivity contribution is -0.152. The lowest BCUT2D eigenvalue weighted by Gasteiger charge is -2.25. The van der Waals surface area contributed by atoms with Crippen molar-refractivity contribution >= 4 is 34.9 Å². The van der Waals surface area contributed by atoms with E-state index < -0.39 is 18.0 Å². The molecule has 28 heavy (non-hydrogen) atoms. The van der Waals surface area contributed by atoms with Crippen LogP contribution in [0.25, 0.3) is 0 Å². The highest BCUT2D eigenvalue weighted by Gasteiger charge is 2.30. The molecule has 7 heteroatoms. The molecular formula is C21H20ClNO5. The maximum Gasteiger partial charge on any atom is 0.313 e. The van der Waals surface area contributed by atoms with Crippen LogP contribution in [0.4, 0.5) is 5.69 Å². The number of benzene rings is 2. The van der Waals surface area contributed by atoms with Crippen LogP contribution < -0.4 is 10.1 Å². The van der Waals surface area contributed by atoms with E-state index >= 15 is 0 Å². The fourth-order valence-electron chi connectivity index (χ4n) is 2.99. The molecule has 0 saturated heterocycles. The van der Waals surface area contributed by atoms with E-state index in [1.54, 1.807) is 42.5 Å². The first-order chi connectivity index (χ1) is 13.3. The van der Waals surface area contributed by atoms with Gasteiger partial charge in [0, 0.05) is 23.2 Å². The molecule has 0 unspecified atom stereocenters. The van der Waals surface area contributed by atoms with Crippen LogP contribution in [0.5, 0.6) is 5.75 Å². The van der Waals surface area contributed by atoms with E-state index in [2.05, 4.69) is 5.32 Å². The minimum absolute atomic E-state index is 0.194. The molecule has 3 rings (SSSR count). The molecule has 0 radical (unpaired) electrons. The summed E-state index contributed by atoms with van der Waals surface area (Å²) in [5.74, 6) is -0.789. The SMILES string of the molecule is CC(=O)Nc1ccc(C(=O)[C@H](C)OC(=O)[C@@H]2COc3ccc(Cl)cc3C2)cc1. The van der Waals surface area contributed by atoms with E-state index in [4.69, 9.17) is 21.1 Å². The Morgan fingerprint density at radius 2 is 1.89 bits per heavy atom. The van der Waals surface area contributed by atoms with E-state index in [9.17, 15) is 14.4 Å². The maximum absolute atomic E-state index is 12.5. The van der Waals surface area contributed by atoms with Gasteiger partial charge in [0.15, 0.2) is 6.10 Å². The average molecular weight is 402 g/mol. The fourth-order valence-corrected chi connectivity index (χ4v) is 3.19. The zero-order chi connectivity index (χ0) is 20.3. The van der Waals surface area contributed by atoms with Crippen molar-refractivity contribution in [1.29, 1.82) is 0 Å². The summed E-state index contributed by atoms with van der Waals surface area (Å²) in [7, 11) is 0. The highest BCUT2D eigenvalue weighted by Crippen LogP contribution is 2.30. The van der Waals surface area contributed by atoms with Gasteiger partial charge < -0.3 is 14.8 Å². The Bertz CT molecular complexity index is 910. The molecule has 146 valence electrons. The Kier molecular flexibility index (Phi) is 5.99. The molecule has 6 nitrogen and oxygen atoms in total. The van der Waals surface area contributed by atoms with Crippen molar-refractivity contribution in [3.8, 4) is 5.75 Å². The van der Waals surface area contributed by atoms with Crippen molar-refractivity contribution in [3.63, 3.8) is 0 Å². The molecule has 1 aliphatic heterocycles. The lowest BCUT2D eigenvalue weighted by Crippen LogP contribution is -2.34. The molecule has 0 bridgehead atoms. The Hall–Kier alpha value is -2.86. The highest BCUT2D eigenvalue weighted by molar-refractivity contribution is 6.30. The summed E-state index contributed by atoms with van der Waals surface area (Å²) in [6, 6.07) is 11.7. The Balaban J connectivity index is 1.61. The quantitative estimate of drug-likeness (QED) is 0.610. The van der Waals surface area contributed by atoms with Crippen LogP contribution in [0.1, 0.15) is 29.8 Å². The molecule has 1 N–H and O–H groups in total. The van der Waals surface area contributed by atoms with Crippen LogP contribution >= 0.6 is 11.6 Å². The van der Waals surface area contributed by atoms with Crippen molar-refractivity contribution in [3.05, 3.63) is 58.6 Å². The highest BCUT2D eigenvalue weighted by atomic mass is 35.5. The summed E-state index contributed by atoms with van der Waals surface area (Å²) in [6.45, 7) is 3.14. The zero-order valence-corrected chi connectivity index (χ0v) is 16.3. The molecule has 1 aliphatic rings. The smallest absolute Gasteiger partial charge is 0.313 e. The number of ketones is 1. The van der Waals surface area contributed by atoms with Crippen LogP contribution in [0.15, 0.2) is 42.5 Å². The largest absolute Gasteiger partial charge is 0.492 e. The summed E-state index contributed by atoms with van der Waals surface area (Å²) < 4.78 is 11.0. The predicted molar refractivity (Wildman–Crippen MR) is 105 cm³/mol. The summed E-state index contributed by atoms with van der Waals surface area (Å²) in [4.78, 5) is 36.1. The number of carbonyl (C=O) groups excluding carboxylic acids is 3. The number of hydrogen-bond donors (Lipinski definition) is 1. The number of ether oxygens (including phenoxy) is 2. The van der Waals surface area contributed by atoms with Crippen LogP contribution in [-0.2, 0) is 20.7 Å². The van der Waals surface area contributed by atoms with Crippen LogP contribution in [-0.4, -0.2) is 30.4 Å². The van der Waals surface area contributed by atoms with Crippen LogP contribution in [0, 0.1) is 5.92 Å². The van der Waals surface area contributed by atoms with Crippen molar-refractivity contribution in [2.24, 2.45) is 5.92 Å². The second-order valence-corrected chi connectivity index (χ2v) is 7.10. The van der Waals surface area contributed by atoms with Gasteiger partial charge in [-0.25, -0.2) is 0 Å². The third kappa shape index (κ3) is 4.70. The molecule has 0 saturated carbocycles. The minimum Gasteiger partial charge on any atom is -0.492 e. The van der Waals surface area contributed by atoms with Crippen molar-refractivity contribution in [2.75, 3.05) is 11.9 Å². The Morgan fingerprint density at radius 1 is 1.18 bits per heavy atom. The van der Waals surface area contributed by atoms with Gasteiger partial charge in [0.25, 0.3) is 0 Å². The monoisotopic (exact) mass is 401 g/mol. The first kappa shape index (κ1) is 19.9. The fraction of sp³-hybridized carbons (Fsp3) is 0.286. The number of amides is 1. The van der Waals surface area contributed by atoms with E-state index in [1.165, 1.54) is 13.8 Å². The number of esters is 1. The summed E-state index contributed by atoms with van der Waals surface area (Å²) in [5, 5.41) is 3.20. The van der Waals surface area contributed by atoms with Gasteiger partial charge in [0.2, 0.25) is 11.7 Å². The van der Waals surface area contributed by atoms with Crippen molar-refractivity contribution in [1.82, 2.24) is 0 Å². The second-order valence-electron chi connectivity index (χ2n) is 6.67. The molecule has 2 aromatic carbocycles. The molecular weight excluding hydrogens is 382 g/mol. The van der Waals surface area contributed by atoms with E-state index in [0.29, 0.717) is 28.4 Å². The summed E-state index contributed by atoms with van der Waals surface area (Å²) >= 11 is 6.00. The van der Waals surface area contributed by atoms with Crippen LogP contribution in [0.3, 0.4) is 0 Å². The maximum atomic E-state index is 12.5. The Morgan fingerprint density at radius 3 is 2.57 bits per heavy atom. The zero-order valence-electron chi connectivity index (χ0n) is 15.5. The topological polar surface area (TPSA) is 81.7 Å². The molecule has 0 fully saturated rings. The third-order valence-corrected chi connectivity index (χ3v) is 4.65. The Labute approximate surface area is 167 Å². The van der Waals surface area contributed by atoms with Crippen LogP contribution in [0.2, 0.25) is 5.02 Å². The number of hydrogen-bond acceptors (Lipinski definition) is 5. The number of anilines is 1. The molecule has 1 heterocycles. The number of carbonyl (C=O) groups is 3. The molecule has 0 aliphatic carbocycles. The molecule has 0 aromatic heterocycles. The predicted octanol–water partition coefficient (Wildman–Crippen LogP) is 3.66. The van der Waals surface area contributed by atoms with Crippen molar-refractivity contribution < 1.29 is 23.9 Å². The van der Waals surface area contributed by atoms with Crippen molar-refractivity contribution in [2.45, 2.75) is 26.4 Å². The van der Waals surface area contributed by atoms with Gasteiger partial charge in [-0.05, 0) is 61.4 Å². The molecule has 1 amide bonds. The normalized spacial score (nSPS) is 16.3. The van der Waals surface area contributed by atoms with Gasteiger partial charge in [0.1, 0.15) is 12.4 Å². The van der Waals surface area contributed by atoms with Gasteiger partial charge in [0.05, 0.1) is 5.92 Å². The number of halogens is 1. The molecule has 2 aromatic rings. The first-order valence-corrected chi connectivity index (χ1v) is 9.25. The molecule has 0 spiro atoms. The number of fused-ring (bicyclic) bond motifs is 1.